The Morgan fingerprint density at radius 2 is 2.05 bits per heavy atom. The number of ether oxygens (including phenoxy) is 2. The monoisotopic (exact) mass is 254 g/mol. The number of hydrogen-bond acceptors (Lipinski definition) is 2. The molecule has 2 aromatic rings. The SMILES string of the molecule is CCOC1Cc2c(cccc2-c2cccc(C)c2)O1. The van der Waals surface area contributed by atoms with Gasteiger partial charge in [0, 0.05) is 18.6 Å². The van der Waals surface area contributed by atoms with E-state index in [4.69, 9.17) is 9.47 Å². The quantitative estimate of drug-likeness (QED) is 0.825. The van der Waals surface area contributed by atoms with Crippen molar-refractivity contribution in [2.75, 3.05) is 6.61 Å². The van der Waals surface area contributed by atoms with Gasteiger partial charge in [0.25, 0.3) is 0 Å². The van der Waals surface area contributed by atoms with Gasteiger partial charge in [-0.25, -0.2) is 0 Å². The predicted octanol–water partition coefficient (Wildman–Crippen LogP) is 3.96. The summed E-state index contributed by atoms with van der Waals surface area (Å²) in [4.78, 5) is 0. The van der Waals surface area contributed by atoms with Crippen LogP contribution in [0.25, 0.3) is 11.1 Å². The van der Waals surface area contributed by atoms with Crippen LogP contribution in [0.4, 0.5) is 0 Å². The molecule has 0 aromatic heterocycles. The van der Waals surface area contributed by atoms with E-state index in [1.807, 2.05) is 19.1 Å². The molecule has 98 valence electrons. The van der Waals surface area contributed by atoms with Crippen molar-refractivity contribution in [3.05, 3.63) is 53.6 Å². The second-order valence-electron chi connectivity index (χ2n) is 4.86. The molecule has 2 heteroatoms. The lowest BCUT2D eigenvalue weighted by molar-refractivity contribution is -0.0602. The number of aryl methyl sites for hydroxylation is 1. The van der Waals surface area contributed by atoms with Crippen LogP contribution >= 0.6 is 0 Å². The van der Waals surface area contributed by atoms with E-state index in [9.17, 15) is 0 Å². The lowest BCUT2D eigenvalue weighted by atomic mass is 9.97. The number of benzene rings is 2. The van der Waals surface area contributed by atoms with Crippen LogP contribution in [0, 0.1) is 6.92 Å². The maximum atomic E-state index is 5.82. The third-order valence-electron chi connectivity index (χ3n) is 3.44. The van der Waals surface area contributed by atoms with Crippen molar-refractivity contribution in [1.82, 2.24) is 0 Å². The third kappa shape index (κ3) is 2.36. The number of fused-ring (bicyclic) bond motifs is 1. The van der Waals surface area contributed by atoms with Gasteiger partial charge in [0.2, 0.25) is 6.29 Å². The van der Waals surface area contributed by atoms with E-state index in [-0.39, 0.29) is 6.29 Å². The zero-order valence-electron chi connectivity index (χ0n) is 11.3. The van der Waals surface area contributed by atoms with Crippen molar-refractivity contribution in [3.63, 3.8) is 0 Å². The van der Waals surface area contributed by atoms with Gasteiger partial charge in [-0.3, -0.25) is 0 Å². The molecule has 2 nitrogen and oxygen atoms in total. The zero-order chi connectivity index (χ0) is 13.2. The summed E-state index contributed by atoms with van der Waals surface area (Å²) in [5, 5.41) is 0. The Morgan fingerprint density at radius 1 is 1.21 bits per heavy atom. The Labute approximate surface area is 114 Å². The van der Waals surface area contributed by atoms with Crippen molar-refractivity contribution >= 4 is 0 Å². The van der Waals surface area contributed by atoms with Crippen LogP contribution in [0.3, 0.4) is 0 Å². The molecule has 1 unspecified atom stereocenters. The molecule has 1 atom stereocenters. The van der Waals surface area contributed by atoms with Gasteiger partial charge in [-0.05, 0) is 31.0 Å². The van der Waals surface area contributed by atoms with Crippen LogP contribution < -0.4 is 4.74 Å². The minimum absolute atomic E-state index is 0.133. The molecule has 2 aromatic carbocycles. The van der Waals surface area contributed by atoms with Gasteiger partial charge in [0.05, 0.1) is 0 Å². The topological polar surface area (TPSA) is 18.5 Å². The second-order valence-corrected chi connectivity index (χ2v) is 4.86. The van der Waals surface area contributed by atoms with Gasteiger partial charge >= 0.3 is 0 Å². The molecule has 0 bridgehead atoms. The summed E-state index contributed by atoms with van der Waals surface area (Å²) in [6.07, 6.45) is 0.693. The fraction of sp³-hybridized carbons (Fsp3) is 0.294. The van der Waals surface area contributed by atoms with Crippen LogP contribution in [-0.2, 0) is 11.2 Å². The van der Waals surface area contributed by atoms with Crippen molar-refractivity contribution in [2.45, 2.75) is 26.6 Å². The molecule has 3 rings (SSSR count). The molecule has 0 N–H and O–H groups in total. The molecular formula is C17H18O2. The maximum absolute atomic E-state index is 5.82. The van der Waals surface area contributed by atoms with Gasteiger partial charge in [-0.1, -0.05) is 42.0 Å². The van der Waals surface area contributed by atoms with E-state index in [1.165, 1.54) is 22.3 Å². The average Bonchev–Trinajstić information content (AvgIpc) is 2.81. The highest BCUT2D eigenvalue weighted by atomic mass is 16.7. The molecule has 0 radical (unpaired) electrons. The summed E-state index contributed by atoms with van der Waals surface area (Å²) in [7, 11) is 0. The van der Waals surface area contributed by atoms with Gasteiger partial charge in [0.15, 0.2) is 0 Å². The number of rotatable bonds is 3. The molecule has 19 heavy (non-hydrogen) atoms. The van der Waals surface area contributed by atoms with Crippen LogP contribution in [0.1, 0.15) is 18.1 Å². The highest BCUT2D eigenvalue weighted by Gasteiger charge is 2.25. The molecule has 0 saturated carbocycles. The van der Waals surface area contributed by atoms with E-state index >= 15 is 0 Å². The predicted molar refractivity (Wildman–Crippen MR) is 76.4 cm³/mol. The van der Waals surface area contributed by atoms with E-state index in [0.717, 1.165) is 12.2 Å². The van der Waals surface area contributed by atoms with Crippen molar-refractivity contribution in [2.24, 2.45) is 0 Å². The summed E-state index contributed by atoms with van der Waals surface area (Å²) in [6.45, 7) is 4.79. The Morgan fingerprint density at radius 3 is 2.84 bits per heavy atom. The molecule has 1 aliphatic rings. The molecular weight excluding hydrogens is 236 g/mol. The minimum atomic E-state index is -0.133. The molecule has 0 fully saturated rings. The van der Waals surface area contributed by atoms with Crippen molar-refractivity contribution in [3.8, 4) is 16.9 Å². The molecule has 0 saturated heterocycles. The first-order valence-corrected chi connectivity index (χ1v) is 6.75. The third-order valence-corrected chi connectivity index (χ3v) is 3.44. The molecule has 1 aliphatic heterocycles. The first-order valence-electron chi connectivity index (χ1n) is 6.75. The van der Waals surface area contributed by atoms with E-state index in [2.05, 4.69) is 37.3 Å². The first-order chi connectivity index (χ1) is 9.28. The van der Waals surface area contributed by atoms with Gasteiger partial charge in [0.1, 0.15) is 5.75 Å². The van der Waals surface area contributed by atoms with Crippen LogP contribution in [0.2, 0.25) is 0 Å². The highest BCUT2D eigenvalue weighted by Crippen LogP contribution is 2.37. The van der Waals surface area contributed by atoms with Gasteiger partial charge in [-0.15, -0.1) is 0 Å². The highest BCUT2D eigenvalue weighted by molar-refractivity contribution is 5.71. The second kappa shape index (κ2) is 5.06. The summed E-state index contributed by atoms with van der Waals surface area (Å²) in [5.41, 5.74) is 5.03. The largest absolute Gasteiger partial charge is 0.464 e. The van der Waals surface area contributed by atoms with Crippen molar-refractivity contribution < 1.29 is 9.47 Å². The minimum Gasteiger partial charge on any atom is -0.464 e. The summed E-state index contributed by atoms with van der Waals surface area (Å²) >= 11 is 0. The smallest absolute Gasteiger partial charge is 0.204 e. The summed E-state index contributed by atoms with van der Waals surface area (Å²) in [5.74, 6) is 0.956. The van der Waals surface area contributed by atoms with E-state index in [1.54, 1.807) is 0 Å². The van der Waals surface area contributed by atoms with Gasteiger partial charge in [-0.2, -0.15) is 0 Å². The van der Waals surface area contributed by atoms with Gasteiger partial charge < -0.3 is 9.47 Å². The molecule has 0 spiro atoms. The fourth-order valence-corrected chi connectivity index (χ4v) is 2.60. The van der Waals surface area contributed by atoms with E-state index < -0.39 is 0 Å². The Kier molecular flexibility index (Phi) is 3.26. The Bertz CT molecular complexity index is 590. The Hall–Kier alpha value is -1.80. The molecule has 1 heterocycles. The number of hydrogen-bond donors (Lipinski definition) is 0. The lowest BCUT2D eigenvalue weighted by Crippen LogP contribution is -2.17. The molecule has 0 aliphatic carbocycles. The fourth-order valence-electron chi connectivity index (χ4n) is 2.60. The van der Waals surface area contributed by atoms with Crippen LogP contribution in [0.5, 0.6) is 5.75 Å². The normalized spacial score (nSPS) is 17.1. The standard InChI is InChI=1S/C17H18O2/c1-3-18-17-11-15-14(8-5-9-16(15)19-17)13-7-4-6-12(2)10-13/h4-10,17H,3,11H2,1-2H3. The lowest BCUT2D eigenvalue weighted by Gasteiger charge is -2.08. The summed E-state index contributed by atoms with van der Waals surface area (Å²) < 4.78 is 11.4. The zero-order valence-corrected chi connectivity index (χ0v) is 11.3. The van der Waals surface area contributed by atoms with E-state index in [0.29, 0.717) is 6.61 Å². The molecule has 0 amide bonds. The maximum Gasteiger partial charge on any atom is 0.204 e. The summed E-state index contributed by atoms with van der Waals surface area (Å²) in [6, 6.07) is 14.8. The average molecular weight is 254 g/mol. The van der Waals surface area contributed by atoms with Crippen LogP contribution in [-0.4, -0.2) is 12.9 Å². The first kappa shape index (κ1) is 12.2. The Balaban J connectivity index is 2.00. The van der Waals surface area contributed by atoms with Crippen molar-refractivity contribution in [1.29, 1.82) is 0 Å². The van der Waals surface area contributed by atoms with Crippen LogP contribution in [0.15, 0.2) is 42.5 Å².